The second kappa shape index (κ2) is 9.25. The number of ether oxygens (including phenoxy) is 2. The van der Waals surface area contributed by atoms with E-state index in [-0.39, 0.29) is 12.5 Å². The number of benzene rings is 2. The molecule has 24 heavy (non-hydrogen) atoms. The summed E-state index contributed by atoms with van der Waals surface area (Å²) in [4.78, 5) is 11.8. The molecule has 0 saturated heterocycles. The van der Waals surface area contributed by atoms with E-state index in [4.69, 9.17) is 32.7 Å². The maximum Gasteiger partial charge on any atom is 0.239 e. The molecule has 0 spiro atoms. The lowest BCUT2D eigenvalue weighted by Gasteiger charge is -2.10. The molecular formula is C17H18Cl2N2O3. The van der Waals surface area contributed by atoms with Crippen LogP contribution in [-0.4, -0.2) is 32.7 Å². The Hall–Kier alpha value is -2.11. The van der Waals surface area contributed by atoms with Gasteiger partial charge in [-0.15, -0.1) is 0 Å². The molecule has 2 rings (SSSR count). The predicted octanol–water partition coefficient (Wildman–Crippen LogP) is 3.61. The van der Waals surface area contributed by atoms with E-state index in [9.17, 15) is 4.79 Å². The van der Waals surface area contributed by atoms with Gasteiger partial charge in [0.25, 0.3) is 0 Å². The molecule has 0 bridgehead atoms. The van der Waals surface area contributed by atoms with Crippen LogP contribution in [0.3, 0.4) is 0 Å². The van der Waals surface area contributed by atoms with Crippen molar-refractivity contribution in [3.8, 4) is 11.5 Å². The van der Waals surface area contributed by atoms with Gasteiger partial charge < -0.3 is 20.1 Å². The number of methoxy groups -OCH3 is 1. The van der Waals surface area contributed by atoms with E-state index in [1.807, 2.05) is 24.3 Å². The number of nitrogens with one attached hydrogen (secondary N) is 2. The molecule has 0 aliphatic heterocycles. The van der Waals surface area contributed by atoms with Crippen LogP contribution in [0.2, 0.25) is 10.0 Å². The Bertz CT molecular complexity index is 678. The smallest absolute Gasteiger partial charge is 0.239 e. The molecule has 0 radical (unpaired) electrons. The zero-order valence-corrected chi connectivity index (χ0v) is 14.7. The van der Waals surface area contributed by atoms with Crippen molar-refractivity contribution in [2.45, 2.75) is 0 Å². The molecule has 0 fully saturated rings. The number of anilines is 1. The number of hydrogen-bond donors (Lipinski definition) is 2. The molecule has 0 unspecified atom stereocenters. The van der Waals surface area contributed by atoms with E-state index in [1.165, 1.54) is 0 Å². The molecule has 0 heterocycles. The Balaban J connectivity index is 1.64. The highest BCUT2D eigenvalue weighted by Crippen LogP contribution is 2.24. The largest absolute Gasteiger partial charge is 0.497 e. The minimum atomic E-state index is -0.139. The van der Waals surface area contributed by atoms with Crippen LogP contribution in [0.1, 0.15) is 0 Å². The highest BCUT2D eigenvalue weighted by atomic mass is 35.5. The second-order valence-corrected chi connectivity index (χ2v) is 5.67. The Morgan fingerprint density at radius 1 is 1.04 bits per heavy atom. The molecule has 2 aromatic rings. The van der Waals surface area contributed by atoms with Gasteiger partial charge in [-0.25, -0.2) is 0 Å². The molecule has 0 aliphatic rings. The van der Waals surface area contributed by atoms with Gasteiger partial charge >= 0.3 is 0 Å². The maximum absolute atomic E-state index is 11.8. The van der Waals surface area contributed by atoms with Gasteiger partial charge in [-0.1, -0.05) is 23.2 Å². The van der Waals surface area contributed by atoms with Crippen LogP contribution in [0.5, 0.6) is 11.5 Å². The molecule has 5 nitrogen and oxygen atoms in total. The van der Waals surface area contributed by atoms with Crippen LogP contribution >= 0.6 is 23.2 Å². The van der Waals surface area contributed by atoms with Crippen molar-refractivity contribution in [1.82, 2.24) is 5.32 Å². The van der Waals surface area contributed by atoms with Crippen molar-refractivity contribution in [2.75, 3.05) is 32.1 Å². The monoisotopic (exact) mass is 368 g/mol. The summed E-state index contributed by atoms with van der Waals surface area (Å²) in [5, 5.41) is 6.65. The lowest BCUT2D eigenvalue weighted by atomic mass is 10.3. The number of halogens is 2. The molecule has 0 saturated carbocycles. The van der Waals surface area contributed by atoms with E-state index >= 15 is 0 Å². The fraction of sp³-hybridized carbons (Fsp3) is 0.235. The van der Waals surface area contributed by atoms with Gasteiger partial charge in [-0.3, -0.25) is 4.79 Å². The predicted molar refractivity (Wildman–Crippen MR) is 96.5 cm³/mol. The number of carbonyl (C=O) groups excluding carboxylic acids is 1. The van der Waals surface area contributed by atoms with Gasteiger partial charge in [0.05, 0.1) is 30.2 Å². The minimum absolute atomic E-state index is 0.139. The van der Waals surface area contributed by atoms with Crippen LogP contribution < -0.4 is 20.1 Å². The third-order valence-corrected chi connectivity index (χ3v) is 3.86. The molecule has 0 aliphatic carbocycles. The van der Waals surface area contributed by atoms with E-state index in [0.717, 1.165) is 17.2 Å². The molecule has 128 valence electrons. The summed E-state index contributed by atoms with van der Waals surface area (Å²) in [5.74, 6) is 1.35. The Labute approximate surface area is 150 Å². The summed E-state index contributed by atoms with van der Waals surface area (Å²) < 4.78 is 10.6. The molecule has 0 atom stereocenters. The van der Waals surface area contributed by atoms with Gasteiger partial charge in [-0.05, 0) is 42.5 Å². The third kappa shape index (κ3) is 5.83. The van der Waals surface area contributed by atoms with E-state index in [2.05, 4.69) is 10.6 Å². The van der Waals surface area contributed by atoms with Crippen LogP contribution in [0, 0.1) is 0 Å². The quantitative estimate of drug-likeness (QED) is 0.698. The zero-order chi connectivity index (χ0) is 17.4. The first-order valence-electron chi connectivity index (χ1n) is 7.31. The second-order valence-electron chi connectivity index (χ2n) is 4.86. The standard InChI is InChI=1S/C17H18Cl2N2O3/c1-23-13-3-5-14(6-4-13)24-9-8-20-17(22)11-21-12-2-7-15(18)16(19)10-12/h2-7,10,21H,8-9,11H2,1H3,(H,20,22). The first-order chi connectivity index (χ1) is 11.6. The highest BCUT2D eigenvalue weighted by Gasteiger charge is 2.03. The topological polar surface area (TPSA) is 59.6 Å². The Morgan fingerprint density at radius 3 is 2.42 bits per heavy atom. The van der Waals surface area contributed by atoms with Crippen molar-refractivity contribution in [1.29, 1.82) is 0 Å². The zero-order valence-electron chi connectivity index (χ0n) is 13.1. The van der Waals surface area contributed by atoms with Crippen LogP contribution in [0.4, 0.5) is 5.69 Å². The first kappa shape index (κ1) is 18.2. The molecule has 2 aromatic carbocycles. The van der Waals surface area contributed by atoms with Gasteiger partial charge in [0, 0.05) is 5.69 Å². The van der Waals surface area contributed by atoms with Crippen molar-refractivity contribution in [2.24, 2.45) is 0 Å². The average Bonchev–Trinajstić information content (AvgIpc) is 2.60. The number of carbonyl (C=O) groups is 1. The fourth-order valence-electron chi connectivity index (χ4n) is 1.88. The summed E-state index contributed by atoms with van der Waals surface area (Å²) in [5.41, 5.74) is 0.731. The van der Waals surface area contributed by atoms with Gasteiger partial charge in [-0.2, -0.15) is 0 Å². The maximum atomic E-state index is 11.8. The van der Waals surface area contributed by atoms with Crippen LogP contribution in [0.25, 0.3) is 0 Å². The number of rotatable bonds is 8. The molecule has 0 aromatic heterocycles. The third-order valence-electron chi connectivity index (χ3n) is 3.13. The van der Waals surface area contributed by atoms with E-state index in [1.54, 1.807) is 25.3 Å². The van der Waals surface area contributed by atoms with Crippen molar-refractivity contribution in [3.05, 3.63) is 52.5 Å². The lowest BCUT2D eigenvalue weighted by Crippen LogP contribution is -2.33. The summed E-state index contributed by atoms with van der Waals surface area (Å²) in [6.07, 6.45) is 0. The number of hydrogen-bond acceptors (Lipinski definition) is 4. The molecule has 1 amide bonds. The average molecular weight is 369 g/mol. The van der Waals surface area contributed by atoms with Crippen molar-refractivity contribution in [3.63, 3.8) is 0 Å². The van der Waals surface area contributed by atoms with Crippen LogP contribution in [-0.2, 0) is 4.79 Å². The fourth-order valence-corrected chi connectivity index (χ4v) is 2.18. The molecular weight excluding hydrogens is 351 g/mol. The van der Waals surface area contributed by atoms with Gasteiger partial charge in [0.15, 0.2) is 0 Å². The van der Waals surface area contributed by atoms with Crippen LogP contribution in [0.15, 0.2) is 42.5 Å². The lowest BCUT2D eigenvalue weighted by molar-refractivity contribution is -0.119. The number of amides is 1. The highest BCUT2D eigenvalue weighted by molar-refractivity contribution is 6.42. The molecule has 7 heteroatoms. The Morgan fingerprint density at radius 2 is 1.75 bits per heavy atom. The van der Waals surface area contributed by atoms with E-state index < -0.39 is 0 Å². The van der Waals surface area contributed by atoms with Gasteiger partial charge in [0.2, 0.25) is 5.91 Å². The summed E-state index contributed by atoms with van der Waals surface area (Å²) >= 11 is 11.7. The first-order valence-corrected chi connectivity index (χ1v) is 8.06. The SMILES string of the molecule is COc1ccc(OCCNC(=O)CNc2ccc(Cl)c(Cl)c2)cc1. The van der Waals surface area contributed by atoms with E-state index in [0.29, 0.717) is 23.2 Å². The Kier molecular flexibility index (Phi) is 7.03. The summed E-state index contributed by atoms with van der Waals surface area (Å²) in [7, 11) is 1.61. The summed E-state index contributed by atoms with van der Waals surface area (Å²) in [6.45, 7) is 0.930. The summed E-state index contributed by atoms with van der Waals surface area (Å²) in [6, 6.07) is 12.4. The minimum Gasteiger partial charge on any atom is -0.497 e. The van der Waals surface area contributed by atoms with Crippen molar-refractivity contribution >= 4 is 34.8 Å². The molecule has 2 N–H and O–H groups in total. The van der Waals surface area contributed by atoms with Crippen molar-refractivity contribution < 1.29 is 14.3 Å². The van der Waals surface area contributed by atoms with Gasteiger partial charge in [0.1, 0.15) is 18.1 Å². The normalized spacial score (nSPS) is 10.1.